The van der Waals surface area contributed by atoms with Crippen molar-refractivity contribution in [2.24, 2.45) is 0 Å². The molecule has 138 valence electrons. The Kier molecular flexibility index (Phi) is 6.35. The molecule has 1 aromatic rings. The molecule has 1 amide bonds. The third-order valence-corrected chi connectivity index (χ3v) is 5.60. The van der Waals surface area contributed by atoms with E-state index in [9.17, 15) is 22.4 Å². The van der Waals surface area contributed by atoms with Gasteiger partial charge in [-0.05, 0) is 25.5 Å². The first-order chi connectivity index (χ1) is 11.8. The Morgan fingerprint density at radius 1 is 1.28 bits per heavy atom. The van der Waals surface area contributed by atoms with Crippen LogP contribution in [0.1, 0.15) is 13.3 Å². The van der Waals surface area contributed by atoms with E-state index in [2.05, 4.69) is 0 Å². The van der Waals surface area contributed by atoms with Crippen molar-refractivity contribution in [1.29, 1.82) is 0 Å². The number of esters is 1. The zero-order chi connectivity index (χ0) is 18.4. The van der Waals surface area contributed by atoms with E-state index in [1.165, 1.54) is 23.1 Å². The second-order valence-corrected chi connectivity index (χ2v) is 7.85. The molecule has 0 aromatic heterocycles. The molecule has 0 aliphatic carbocycles. The Labute approximate surface area is 145 Å². The largest absolute Gasteiger partial charge is 0.479 e. The van der Waals surface area contributed by atoms with Crippen molar-refractivity contribution in [1.82, 2.24) is 4.90 Å². The minimum absolute atomic E-state index is 0.0533. The van der Waals surface area contributed by atoms with Crippen molar-refractivity contribution in [3.05, 3.63) is 30.1 Å². The molecule has 1 atom stereocenters. The smallest absolute Gasteiger partial charge is 0.344 e. The average molecular weight is 373 g/mol. The lowest BCUT2D eigenvalue weighted by atomic mass is 10.2. The molecule has 0 spiro atoms. The van der Waals surface area contributed by atoms with Crippen LogP contribution in [0.25, 0.3) is 0 Å². The highest BCUT2D eigenvalue weighted by Gasteiger charge is 2.34. The van der Waals surface area contributed by atoms with Crippen LogP contribution in [0.4, 0.5) is 4.39 Å². The van der Waals surface area contributed by atoms with Crippen molar-refractivity contribution in [3.63, 3.8) is 0 Å². The minimum atomic E-state index is -3.12. The molecular weight excluding hydrogens is 353 g/mol. The number of rotatable bonds is 7. The van der Waals surface area contributed by atoms with Gasteiger partial charge in [0.15, 0.2) is 34.6 Å². The van der Waals surface area contributed by atoms with Gasteiger partial charge in [0.25, 0.3) is 5.91 Å². The van der Waals surface area contributed by atoms with Crippen LogP contribution in [-0.2, 0) is 24.2 Å². The summed E-state index contributed by atoms with van der Waals surface area (Å²) in [4.78, 5) is 25.2. The lowest BCUT2D eigenvalue weighted by molar-refractivity contribution is -0.154. The fourth-order valence-corrected chi connectivity index (χ4v) is 4.36. The second-order valence-electron chi connectivity index (χ2n) is 5.62. The van der Waals surface area contributed by atoms with Crippen molar-refractivity contribution in [2.75, 3.05) is 31.3 Å². The quantitative estimate of drug-likeness (QED) is 0.656. The van der Waals surface area contributed by atoms with E-state index in [0.29, 0.717) is 13.0 Å². The summed E-state index contributed by atoms with van der Waals surface area (Å²) < 4.78 is 46.2. The second kappa shape index (κ2) is 8.28. The Morgan fingerprint density at radius 2 is 2.00 bits per heavy atom. The topological polar surface area (TPSA) is 90.0 Å². The summed E-state index contributed by atoms with van der Waals surface area (Å²) in [5.41, 5.74) is 0. The third kappa shape index (κ3) is 5.42. The van der Waals surface area contributed by atoms with Crippen molar-refractivity contribution >= 4 is 21.7 Å². The van der Waals surface area contributed by atoms with Crippen LogP contribution >= 0.6 is 0 Å². The fraction of sp³-hybridized carbons (Fsp3) is 0.500. The zero-order valence-corrected chi connectivity index (χ0v) is 14.6. The molecule has 1 saturated heterocycles. The number of benzene rings is 1. The number of hydrogen-bond donors (Lipinski definition) is 0. The van der Waals surface area contributed by atoms with Crippen LogP contribution < -0.4 is 4.74 Å². The van der Waals surface area contributed by atoms with E-state index < -0.39 is 46.8 Å². The number of nitrogens with zero attached hydrogens (tertiary/aromatic N) is 1. The van der Waals surface area contributed by atoms with Crippen LogP contribution in [-0.4, -0.2) is 62.5 Å². The molecule has 1 fully saturated rings. The summed E-state index contributed by atoms with van der Waals surface area (Å²) in [6.07, 6.45) is 0.381. The van der Waals surface area contributed by atoms with Crippen molar-refractivity contribution < 1.29 is 31.9 Å². The van der Waals surface area contributed by atoms with E-state index in [-0.39, 0.29) is 17.3 Å². The summed E-state index contributed by atoms with van der Waals surface area (Å²) in [6, 6.07) is 5.21. The summed E-state index contributed by atoms with van der Waals surface area (Å²) in [6.45, 7) is 1.01. The molecule has 9 heteroatoms. The first kappa shape index (κ1) is 19.2. The summed E-state index contributed by atoms with van der Waals surface area (Å²) in [5.74, 6) is -1.99. The van der Waals surface area contributed by atoms with Gasteiger partial charge in [-0.15, -0.1) is 0 Å². The highest BCUT2D eigenvalue weighted by atomic mass is 32.2. The number of para-hydroxylation sites is 1. The Balaban J connectivity index is 1.80. The molecule has 0 saturated carbocycles. The molecule has 1 unspecified atom stereocenters. The van der Waals surface area contributed by atoms with Gasteiger partial charge in [0.2, 0.25) is 0 Å². The average Bonchev–Trinajstić information content (AvgIpc) is 2.92. The highest BCUT2D eigenvalue weighted by Crippen LogP contribution is 2.18. The Hall–Kier alpha value is -2.16. The Morgan fingerprint density at radius 3 is 2.60 bits per heavy atom. The van der Waals surface area contributed by atoms with Crippen LogP contribution in [0.15, 0.2) is 24.3 Å². The normalized spacial score (nSPS) is 18.6. The summed E-state index contributed by atoms with van der Waals surface area (Å²) >= 11 is 0. The van der Waals surface area contributed by atoms with Crippen LogP contribution in [0.3, 0.4) is 0 Å². The molecule has 0 bridgehead atoms. The zero-order valence-electron chi connectivity index (χ0n) is 13.8. The molecular formula is C16H20FNO6S. The maximum absolute atomic E-state index is 13.4. The van der Waals surface area contributed by atoms with Gasteiger partial charge in [-0.25, -0.2) is 17.6 Å². The first-order valence-electron chi connectivity index (χ1n) is 7.85. The third-order valence-electron chi connectivity index (χ3n) is 3.85. The fourth-order valence-electron chi connectivity index (χ4n) is 2.62. The van der Waals surface area contributed by atoms with E-state index in [0.717, 1.165) is 0 Å². The van der Waals surface area contributed by atoms with Crippen molar-refractivity contribution in [2.45, 2.75) is 19.4 Å². The molecule has 1 aliphatic rings. The lowest BCUT2D eigenvalue weighted by Crippen LogP contribution is -2.43. The maximum Gasteiger partial charge on any atom is 0.344 e. The number of hydrogen-bond acceptors (Lipinski definition) is 6. The van der Waals surface area contributed by atoms with E-state index in [4.69, 9.17) is 9.47 Å². The highest BCUT2D eigenvalue weighted by molar-refractivity contribution is 7.91. The van der Waals surface area contributed by atoms with E-state index >= 15 is 0 Å². The monoisotopic (exact) mass is 373 g/mol. The molecule has 2 rings (SSSR count). The predicted octanol–water partition coefficient (Wildman–Crippen LogP) is 0.783. The number of amides is 1. The van der Waals surface area contributed by atoms with Crippen molar-refractivity contribution in [3.8, 4) is 5.75 Å². The SMILES string of the molecule is CCN(C(=O)COC(=O)COc1ccccc1F)C1CCS(=O)(=O)C1. The Bertz CT molecular complexity index is 736. The van der Waals surface area contributed by atoms with Crippen LogP contribution in [0, 0.1) is 5.82 Å². The molecule has 7 nitrogen and oxygen atoms in total. The van der Waals surface area contributed by atoms with E-state index in [1.807, 2.05) is 0 Å². The number of carbonyl (C=O) groups is 2. The number of sulfone groups is 1. The maximum atomic E-state index is 13.4. The lowest BCUT2D eigenvalue weighted by Gasteiger charge is -2.26. The first-order valence-corrected chi connectivity index (χ1v) is 9.67. The van der Waals surface area contributed by atoms with Gasteiger partial charge in [0, 0.05) is 12.6 Å². The summed E-state index contributed by atoms with van der Waals surface area (Å²) in [5, 5.41) is 0. The predicted molar refractivity (Wildman–Crippen MR) is 87.3 cm³/mol. The molecule has 1 heterocycles. The van der Waals surface area contributed by atoms with Crippen LogP contribution in [0.2, 0.25) is 0 Å². The van der Waals surface area contributed by atoms with Gasteiger partial charge in [0.05, 0.1) is 11.5 Å². The molecule has 0 radical (unpaired) electrons. The van der Waals surface area contributed by atoms with Gasteiger partial charge in [0.1, 0.15) is 0 Å². The standard InChI is InChI=1S/C16H20FNO6S/c1-2-18(12-7-8-25(21,22)11-12)15(19)9-24-16(20)10-23-14-6-4-3-5-13(14)17/h3-6,12H,2,7-11H2,1H3. The molecule has 1 aromatic carbocycles. The van der Waals surface area contributed by atoms with Gasteiger partial charge < -0.3 is 14.4 Å². The van der Waals surface area contributed by atoms with Gasteiger partial charge in [-0.3, -0.25) is 4.79 Å². The summed E-state index contributed by atoms with van der Waals surface area (Å²) in [7, 11) is -3.12. The molecule has 0 N–H and O–H groups in total. The molecule has 1 aliphatic heterocycles. The number of halogens is 1. The van der Waals surface area contributed by atoms with Crippen LogP contribution in [0.5, 0.6) is 5.75 Å². The molecule has 25 heavy (non-hydrogen) atoms. The van der Waals surface area contributed by atoms with E-state index in [1.54, 1.807) is 13.0 Å². The number of carbonyl (C=O) groups excluding carboxylic acids is 2. The van der Waals surface area contributed by atoms with Gasteiger partial charge in [-0.1, -0.05) is 12.1 Å². The van der Waals surface area contributed by atoms with Gasteiger partial charge in [-0.2, -0.15) is 0 Å². The van der Waals surface area contributed by atoms with Gasteiger partial charge >= 0.3 is 5.97 Å². The number of likely N-dealkylation sites (N-methyl/N-ethyl adjacent to an activating group) is 1. The number of ether oxygens (including phenoxy) is 2. The minimum Gasteiger partial charge on any atom is -0.479 e.